The molecule has 3 rings (SSSR count). The van der Waals surface area contributed by atoms with Crippen LogP contribution in [0.2, 0.25) is 0 Å². The van der Waals surface area contributed by atoms with Gasteiger partial charge in [0.25, 0.3) is 0 Å². The Hall–Kier alpha value is -4.02. The van der Waals surface area contributed by atoms with Gasteiger partial charge in [-0.25, -0.2) is 8.42 Å². The smallest absolute Gasteiger partial charge is 0.372 e. The zero-order valence-electron chi connectivity index (χ0n) is 22.2. The zero-order valence-corrected chi connectivity index (χ0v) is 23.0. The number of benzene rings is 3. The van der Waals surface area contributed by atoms with Crippen LogP contribution in [0.25, 0.3) is 0 Å². The molecule has 0 saturated heterocycles. The van der Waals surface area contributed by atoms with Gasteiger partial charge in [0.2, 0.25) is 9.84 Å². The molecule has 0 radical (unpaired) electrons. The first-order valence-electron chi connectivity index (χ1n) is 12.2. The maximum absolute atomic E-state index is 14.0. The summed E-state index contributed by atoms with van der Waals surface area (Å²) in [6.45, 7) is 5.79. The molecule has 0 bridgehead atoms. The van der Waals surface area contributed by atoms with Crippen LogP contribution in [0.5, 0.6) is 0 Å². The molecule has 0 saturated carbocycles. The molecule has 0 spiro atoms. The summed E-state index contributed by atoms with van der Waals surface area (Å²) in [5.74, 6) is -14.7. The molecule has 0 N–H and O–H groups in total. The monoisotopic (exact) mass is 639 g/mol. The molecule has 3 aromatic rings. The first-order chi connectivity index (χ1) is 19.9. The van der Waals surface area contributed by atoms with Crippen molar-refractivity contribution in [3.8, 4) is 0 Å². The molecule has 0 aliphatic rings. The Morgan fingerprint density at radius 1 is 0.558 bits per heavy atom. The van der Waals surface area contributed by atoms with E-state index in [1.165, 1.54) is 24.3 Å². The third kappa shape index (κ3) is 6.65. The fraction of sp³-hybridized carbons (Fsp3) is 0.308. The van der Waals surface area contributed by atoms with Crippen molar-refractivity contribution in [3.05, 3.63) is 72.8 Å². The summed E-state index contributed by atoms with van der Waals surface area (Å²) in [6, 6.07) is 15.5. The topological polar surface area (TPSA) is 86.8 Å². The van der Waals surface area contributed by atoms with E-state index in [0.717, 1.165) is 18.8 Å². The number of anilines is 1. The number of nitrogens with zero attached hydrogens (tertiary/aromatic N) is 5. The number of sulfone groups is 1. The third-order valence-corrected chi connectivity index (χ3v) is 7.81. The average Bonchev–Trinajstić information content (AvgIpc) is 2.96. The number of rotatable bonds is 11. The lowest BCUT2D eigenvalue weighted by Crippen LogP contribution is -2.63. The summed E-state index contributed by atoms with van der Waals surface area (Å²) in [4.78, 5) is 0.516. The van der Waals surface area contributed by atoms with Crippen molar-refractivity contribution in [1.82, 2.24) is 0 Å². The summed E-state index contributed by atoms with van der Waals surface area (Å²) in [5, 5.41) is 8.96. The second-order valence-electron chi connectivity index (χ2n) is 8.77. The number of alkyl halides is 9. The zero-order chi connectivity index (χ0) is 32.3. The van der Waals surface area contributed by atoms with Crippen LogP contribution in [0.15, 0.2) is 98.1 Å². The Morgan fingerprint density at radius 2 is 0.884 bits per heavy atom. The van der Waals surface area contributed by atoms with Crippen LogP contribution in [0, 0.1) is 0 Å². The summed E-state index contributed by atoms with van der Waals surface area (Å²) in [5.41, 5.74) is 2.17. The van der Waals surface area contributed by atoms with Crippen molar-refractivity contribution in [2.24, 2.45) is 20.5 Å². The van der Waals surface area contributed by atoms with Crippen molar-refractivity contribution >= 4 is 38.3 Å². The lowest BCUT2D eigenvalue weighted by Gasteiger charge is -2.33. The highest BCUT2D eigenvalue weighted by Crippen LogP contribution is 2.55. The van der Waals surface area contributed by atoms with Crippen molar-refractivity contribution in [1.29, 1.82) is 0 Å². The summed E-state index contributed by atoms with van der Waals surface area (Å²) in [7, 11) is -6.72. The highest BCUT2D eigenvalue weighted by molar-refractivity contribution is 7.92. The Labute approximate surface area is 239 Å². The van der Waals surface area contributed by atoms with Crippen LogP contribution < -0.4 is 4.90 Å². The Bertz CT molecular complexity index is 1550. The van der Waals surface area contributed by atoms with E-state index in [1.807, 2.05) is 26.0 Å². The molecule has 0 aliphatic carbocycles. The van der Waals surface area contributed by atoms with Gasteiger partial charge in [-0.05, 0) is 86.6 Å². The summed E-state index contributed by atoms with van der Waals surface area (Å²) in [6.07, 6.45) is -7.15. The van der Waals surface area contributed by atoms with Gasteiger partial charge in [0.1, 0.15) is 0 Å². The number of hydrogen-bond donors (Lipinski definition) is 0. The molecule has 0 aromatic heterocycles. The van der Waals surface area contributed by atoms with E-state index in [1.54, 1.807) is 12.1 Å². The summed E-state index contributed by atoms with van der Waals surface area (Å²) < 4.78 is 143. The maximum atomic E-state index is 14.0. The molecule has 7 nitrogen and oxygen atoms in total. The predicted molar refractivity (Wildman–Crippen MR) is 139 cm³/mol. The van der Waals surface area contributed by atoms with E-state index in [-0.39, 0.29) is 23.5 Å². The standard InChI is InChI=1S/C26H22F9N5O2S/c1-3-40(4-2)21-13-9-19(10-14-21)38-36-17-5-7-18(8-6-17)37-39-20-11-15-22(16-12-20)43(41,42)26(34,35)24(29,30)23(27,28)25(31,32)33/h5-16H,3-4H2,1-2H3. The molecular formula is C26H22F9N5O2S. The van der Waals surface area contributed by atoms with Crippen LogP contribution >= 0.6 is 0 Å². The van der Waals surface area contributed by atoms with E-state index in [4.69, 9.17) is 0 Å². The van der Waals surface area contributed by atoms with E-state index < -0.39 is 38.0 Å². The van der Waals surface area contributed by atoms with Crippen molar-refractivity contribution in [3.63, 3.8) is 0 Å². The molecular weight excluding hydrogens is 617 g/mol. The minimum Gasteiger partial charge on any atom is -0.372 e. The number of azo groups is 2. The van der Waals surface area contributed by atoms with Crippen LogP contribution in [0.1, 0.15) is 13.8 Å². The van der Waals surface area contributed by atoms with Crippen LogP contribution in [-0.4, -0.2) is 44.8 Å². The van der Waals surface area contributed by atoms with Crippen molar-refractivity contribution in [2.75, 3.05) is 18.0 Å². The molecule has 0 fully saturated rings. The maximum Gasteiger partial charge on any atom is 0.460 e. The first kappa shape index (κ1) is 33.5. The predicted octanol–water partition coefficient (Wildman–Crippen LogP) is 9.56. The number of halogens is 9. The highest BCUT2D eigenvalue weighted by atomic mass is 32.2. The van der Waals surface area contributed by atoms with Gasteiger partial charge in [-0.1, -0.05) is 0 Å². The van der Waals surface area contributed by atoms with Crippen molar-refractivity contribution in [2.45, 2.75) is 42.0 Å². The quantitative estimate of drug-likeness (QED) is 0.155. The average molecular weight is 640 g/mol. The van der Waals surface area contributed by atoms with Crippen LogP contribution in [0.3, 0.4) is 0 Å². The molecule has 3 aromatic carbocycles. The SMILES string of the molecule is CCN(CC)c1ccc(N=Nc2ccc(N=Nc3ccc(S(=O)(=O)C(F)(F)C(F)(F)C(F)(F)C(F)(F)F)cc3)cc2)cc1. The van der Waals surface area contributed by atoms with Crippen LogP contribution in [-0.2, 0) is 9.84 Å². The van der Waals surface area contributed by atoms with Gasteiger partial charge in [-0.2, -0.15) is 60.0 Å². The van der Waals surface area contributed by atoms with Gasteiger partial charge in [0.05, 0.1) is 27.6 Å². The number of hydrogen-bond acceptors (Lipinski definition) is 7. The van der Waals surface area contributed by atoms with Crippen LogP contribution in [0.4, 0.5) is 68.0 Å². The van der Waals surface area contributed by atoms with Gasteiger partial charge in [-0.15, -0.1) is 0 Å². The largest absolute Gasteiger partial charge is 0.460 e. The van der Waals surface area contributed by atoms with Gasteiger partial charge in [-0.3, -0.25) is 0 Å². The van der Waals surface area contributed by atoms with Gasteiger partial charge < -0.3 is 4.90 Å². The Morgan fingerprint density at radius 3 is 1.21 bits per heavy atom. The van der Waals surface area contributed by atoms with E-state index >= 15 is 0 Å². The molecule has 0 aliphatic heterocycles. The molecule has 0 heterocycles. The van der Waals surface area contributed by atoms with E-state index in [2.05, 4.69) is 25.4 Å². The Kier molecular flexibility index (Phi) is 9.58. The summed E-state index contributed by atoms with van der Waals surface area (Å²) >= 11 is 0. The fourth-order valence-electron chi connectivity index (χ4n) is 3.51. The lowest BCUT2D eigenvalue weighted by atomic mass is 10.1. The Balaban J connectivity index is 1.71. The third-order valence-electron chi connectivity index (χ3n) is 5.99. The van der Waals surface area contributed by atoms with Crippen molar-refractivity contribution < 1.29 is 47.9 Å². The second-order valence-corrected chi connectivity index (χ2v) is 10.8. The molecule has 0 atom stereocenters. The second kappa shape index (κ2) is 12.3. The highest BCUT2D eigenvalue weighted by Gasteiger charge is 2.85. The molecule has 0 unspecified atom stereocenters. The van der Waals surface area contributed by atoms with E-state index in [9.17, 15) is 47.9 Å². The molecule has 0 amide bonds. The van der Waals surface area contributed by atoms with E-state index in [0.29, 0.717) is 23.5 Å². The minimum absolute atomic E-state index is 0.188. The first-order valence-corrected chi connectivity index (χ1v) is 13.7. The minimum atomic E-state index is -7.35. The normalized spacial score (nSPS) is 13.7. The van der Waals surface area contributed by atoms with Gasteiger partial charge >= 0.3 is 23.3 Å². The lowest BCUT2D eigenvalue weighted by molar-refractivity contribution is -0.382. The molecule has 17 heteroatoms. The van der Waals surface area contributed by atoms with Gasteiger partial charge in [0.15, 0.2) is 0 Å². The fourth-order valence-corrected chi connectivity index (χ4v) is 4.76. The molecule has 43 heavy (non-hydrogen) atoms. The molecule has 232 valence electrons. The van der Waals surface area contributed by atoms with Gasteiger partial charge in [0, 0.05) is 18.8 Å².